The second-order valence-corrected chi connectivity index (χ2v) is 5.87. The molecule has 3 heterocycles. The van der Waals surface area contributed by atoms with Crippen molar-refractivity contribution in [3.63, 3.8) is 0 Å². The maximum atomic E-state index is 13.6. The summed E-state index contributed by atoms with van der Waals surface area (Å²) in [5, 5.41) is 0.900. The number of nitrogens with zero attached hydrogens (tertiary/aromatic N) is 3. The SMILES string of the molecule is Cc1cc(-c2ncccc2-c2cnc3nc(N)ccc3c2)ccc1F. The van der Waals surface area contributed by atoms with Gasteiger partial charge in [-0.1, -0.05) is 6.07 Å². The van der Waals surface area contributed by atoms with Crippen LogP contribution in [0.25, 0.3) is 33.4 Å². The van der Waals surface area contributed by atoms with Gasteiger partial charge in [-0.25, -0.2) is 14.4 Å². The molecule has 4 aromatic rings. The predicted molar refractivity (Wildman–Crippen MR) is 97.3 cm³/mol. The van der Waals surface area contributed by atoms with E-state index >= 15 is 0 Å². The van der Waals surface area contributed by atoms with Crippen LogP contribution in [0.15, 0.2) is 60.9 Å². The zero-order valence-corrected chi connectivity index (χ0v) is 13.6. The van der Waals surface area contributed by atoms with Crippen molar-refractivity contribution in [1.29, 1.82) is 0 Å². The van der Waals surface area contributed by atoms with E-state index in [4.69, 9.17) is 5.73 Å². The van der Waals surface area contributed by atoms with Crippen molar-refractivity contribution >= 4 is 16.9 Å². The van der Waals surface area contributed by atoms with Gasteiger partial charge in [0.1, 0.15) is 11.6 Å². The van der Waals surface area contributed by atoms with Gasteiger partial charge in [-0.05, 0) is 55.0 Å². The number of pyridine rings is 3. The highest BCUT2D eigenvalue weighted by Crippen LogP contribution is 2.31. The van der Waals surface area contributed by atoms with E-state index in [1.807, 2.05) is 24.3 Å². The molecule has 0 fully saturated rings. The highest BCUT2D eigenvalue weighted by molar-refractivity contribution is 5.86. The van der Waals surface area contributed by atoms with Crippen LogP contribution >= 0.6 is 0 Å². The zero-order chi connectivity index (χ0) is 17.4. The van der Waals surface area contributed by atoms with Crippen LogP contribution in [0.3, 0.4) is 0 Å². The Kier molecular flexibility index (Phi) is 3.61. The fourth-order valence-corrected chi connectivity index (χ4v) is 2.83. The van der Waals surface area contributed by atoms with E-state index in [0.29, 0.717) is 17.0 Å². The minimum absolute atomic E-state index is 0.225. The molecule has 3 aromatic heterocycles. The molecule has 4 nitrogen and oxygen atoms in total. The molecule has 5 heteroatoms. The molecular weight excluding hydrogens is 315 g/mol. The van der Waals surface area contributed by atoms with E-state index in [9.17, 15) is 4.39 Å². The van der Waals surface area contributed by atoms with Crippen LogP contribution in [-0.2, 0) is 0 Å². The predicted octanol–water partition coefficient (Wildman–Crippen LogP) is 4.39. The lowest BCUT2D eigenvalue weighted by Crippen LogP contribution is -1.94. The van der Waals surface area contributed by atoms with Gasteiger partial charge in [0.05, 0.1) is 5.69 Å². The maximum absolute atomic E-state index is 13.6. The van der Waals surface area contributed by atoms with Gasteiger partial charge in [0.25, 0.3) is 0 Å². The number of hydrogen-bond acceptors (Lipinski definition) is 4. The standard InChI is InChI=1S/C20H15FN4/c1-12-9-13(4-6-17(12)21)19-16(3-2-8-23-19)15-10-14-5-7-18(22)25-20(14)24-11-15/h2-11H,1H3,(H2,22,24,25). The molecule has 25 heavy (non-hydrogen) atoms. The number of rotatable bonds is 2. The van der Waals surface area contributed by atoms with Gasteiger partial charge in [0, 0.05) is 34.5 Å². The summed E-state index contributed by atoms with van der Waals surface area (Å²) in [6.45, 7) is 1.75. The van der Waals surface area contributed by atoms with Crippen LogP contribution in [-0.4, -0.2) is 15.0 Å². The lowest BCUT2D eigenvalue weighted by molar-refractivity contribution is 0.619. The number of nitrogens with two attached hydrogens (primary N) is 1. The maximum Gasteiger partial charge on any atom is 0.161 e. The summed E-state index contributed by atoms with van der Waals surface area (Å²) in [4.78, 5) is 13.1. The second-order valence-electron chi connectivity index (χ2n) is 5.87. The quantitative estimate of drug-likeness (QED) is 0.592. The molecule has 0 atom stereocenters. The molecule has 1 aromatic carbocycles. The van der Waals surface area contributed by atoms with Gasteiger partial charge in [-0.3, -0.25) is 4.98 Å². The molecule has 2 N–H and O–H groups in total. The largest absolute Gasteiger partial charge is 0.384 e. The summed E-state index contributed by atoms with van der Waals surface area (Å²) in [7, 11) is 0. The first-order chi connectivity index (χ1) is 12.1. The van der Waals surface area contributed by atoms with Crippen molar-refractivity contribution < 1.29 is 4.39 Å². The minimum Gasteiger partial charge on any atom is -0.384 e. The zero-order valence-electron chi connectivity index (χ0n) is 13.6. The molecule has 4 rings (SSSR count). The van der Waals surface area contributed by atoms with E-state index in [-0.39, 0.29) is 5.82 Å². The number of benzene rings is 1. The molecule has 0 saturated heterocycles. The van der Waals surface area contributed by atoms with Crippen molar-refractivity contribution in [2.75, 3.05) is 5.73 Å². The molecular formula is C20H15FN4. The van der Waals surface area contributed by atoms with Crippen LogP contribution < -0.4 is 5.73 Å². The monoisotopic (exact) mass is 330 g/mol. The average Bonchev–Trinajstić information content (AvgIpc) is 2.63. The summed E-state index contributed by atoms with van der Waals surface area (Å²) in [5.41, 5.74) is 10.4. The Morgan fingerprint density at radius 2 is 1.84 bits per heavy atom. The van der Waals surface area contributed by atoms with E-state index in [0.717, 1.165) is 27.8 Å². The number of hydrogen-bond donors (Lipinski definition) is 1. The summed E-state index contributed by atoms with van der Waals surface area (Å²) in [5.74, 6) is 0.217. The summed E-state index contributed by atoms with van der Waals surface area (Å²) < 4.78 is 13.6. The normalized spacial score (nSPS) is 11.0. The number of halogens is 1. The van der Waals surface area contributed by atoms with E-state index in [2.05, 4.69) is 15.0 Å². The Hall–Kier alpha value is -3.34. The molecule has 0 amide bonds. The van der Waals surface area contributed by atoms with Crippen LogP contribution in [0.1, 0.15) is 5.56 Å². The first-order valence-electron chi connectivity index (χ1n) is 7.86. The molecule has 0 radical (unpaired) electrons. The molecule has 0 aliphatic heterocycles. The third-order valence-electron chi connectivity index (χ3n) is 4.11. The van der Waals surface area contributed by atoms with Crippen molar-refractivity contribution in [1.82, 2.24) is 15.0 Å². The first-order valence-corrected chi connectivity index (χ1v) is 7.86. The smallest absolute Gasteiger partial charge is 0.161 e. The summed E-state index contributed by atoms with van der Waals surface area (Å²) >= 11 is 0. The molecule has 0 unspecified atom stereocenters. The Balaban J connectivity index is 1.89. The molecule has 122 valence electrons. The molecule has 0 saturated carbocycles. The van der Waals surface area contributed by atoms with Crippen molar-refractivity contribution in [3.05, 3.63) is 72.3 Å². The Morgan fingerprint density at radius 1 is 0.960 bits per heavy atom. The van der Waals surface area contributed by atoms with E-state index < -0.39 is 0 Å². The molecule has 0 aliphatic rings. The topological polar surface area (TPSA) is 64.7 Å². The van der Waals surface area contributed by atoms with Crippen LogP contribution in [0.4, 0.5) is 10.2 Å². The van der Waals surface area contributed by atoms with Crippen LogP contribution in [0.2, 0.25) is 0 Å². The van der Waals surface area contributed by atoms with Gasteiger partial charge >= 0.3 is 0 Å². The summed E-state index contributed by atoms with van der Waals surface area (Å²) in [6, 6.07) is 14.5. The number of anilines is 1. The van der Waals surface area contributed by atoms with Gasteiger partial charge in [0.2, 0.25) is 0 Å². The first kappa shape index (κ1) is 15.2. The summed E-state index contributed by atoms with van der Waals surface area (Å²) in [6.07, 6.45) is 3.49. The van der Waals surface area contributed by atoms with Crippen LogP contribution in [0.5, 0.6) is 0 Å². The van der Waals surface area contributed by atoms with E-state index in [1.165, 1.54) is 6.07 Å². The highest BCUT2D eigenvalue weighted by atomic mass is 19.1. The lowest BCUT2D eigenvalue weighted by Gasteiger charge is -2.10. The van der Waals surface area contributed by atoms with Gasteiger partial charge in [0.15, 0.2) is 5.65 Å². The number of fused-ring (bicyclic) bond motifs is 1. The van der Waals surface area contributed by atoms with Crippen molar-refractivity contribution in [3.8, 4) is 22.4 Å². The highest BCUT2D eigenvalue weighted by Gasteiger charge is 2.11. The third kappa shape index (κ3) is 2.80. The Morgan fingerprint density at radius 3 is 2.68 bits per heavy atom. The fourth-order valence-electron chi connectivity index (χ4n) is 2.83. The van der Waals surface area contributed by atoms with Gasteiger partial charge in [-0.2, -0.15) is 0 Å². The molecule has 0 bridgehead atoms. The van der Waals surface area contributed by atoms with Gasteiger partial charge in [-0.15, -0.1) is 0 Å². The number of aryl methyl sites for hydroxylation is 1. The number of nitrogen functional groups attached to an aromatic ring is 1. The van der Waals surface area contributed by atoms with Crippen LogP contribution in [0, 0.1) is 12.7 Å². The number of aromatic nitrogens is 3. The fraction of sp³-hybridized carbons (Fsp3) is 0.0500. The van der Waals surface area contributed by atoms with E-state index in [1.54, 1.807) is 37.5 Å². The Labute approximate surface area is 144 Å². The van der Waals surface area contributed by atoms with Gasteiger partial charge < -0.3 is 5.73 Å². The lowest BCUT2D eigenvalue weighted by atomic mass is 9.99. The molecule has 0 spiro atoms. The van der Waals surface area contributed by atoms with Crippen molar-refractivity contribution in [2.45, 2.75) is 6.92 Å². The Bertz CT molecular complexity index is 1090. The second kappa shape index (κ2) is 5.94. The average molecular weight is 330 g/mol. The van der Waals surface area contributed by atoms with Crippen molar-refractivity contribution in [2.24, 2.45) is 0 Å². The minimum atomic E-state index is -0.225. The third-order valence-corrected chi connectivity index (χ3v) is 4.11. The molecule has 0 aliphatic carbocycles.